The predicted octanol–water partition coefficient (Wildman–Crippen LogP) is 4.75. The molecule has 0 radical (unpaired) electrons. The molecule has 0 aromatic heterocycles. The molecule has 0 aliphatic heterocycles. The van der Waals surface area contributed by atoms with Crippen LogP contribution in [-0.4, -0.2) is 11.8 Å². The van der Waals surface area contributed by atoms with Crippen molar-refractivity contribution in [3.63, 3.8) is 0 Å². The van der Waals surface area contributed by atoms with Crippen molar-refractivity contribution in [2.75, 3.05) is 0 Å². The van der Waals surface area contributed by atoms with E-state index in [-0.39, 0.29) is 5.78 Å². The zero-order chi connectivity index (χ0) is 16.7. The van der Waals surface area contributed by atoms with Gasteiger partial charge in [0.05, 0.1) is 5.56 Å². The Morgan fingerprint density at radius 3 is 2.12 bits per heavy atom. The summed E-state index contributed by atoms with van der Waals surface area (Å²) in [5.41, 5.74) is 3.10. The van der Waals surface area contributed by atoms with Gasteiger partial charge in [0.2, 0.25) is 0 Å². The topological polar surface area (TPSA) is 43.4 Å². The van der Waals surface area contributed by atoms with Gasteiger partial charge in [-0.15, -0.1) is 0 Å². The molecule has 3 aromatic carbocycles. The van der Waals surface area contributed by atoms with Crippen molar-refractivity contribution in [1.29, 1.82) is 0 Å². The highest BCUT2D eigenvalue weighted by Gasteiger charge is 2.20. The first-order valence-electron chi connectivity index (χ1n) is 7.71. The number of ketones is 1. The Morgan fingerprint density at radius 1 is 0.792 bits per heavy atom. The lowest BCUT2D eigenvalue weighted by atomic mass is 9.96. The number of carbonyl (C=O) groups excluding carboxylic acids is 2. The molecule has 3 heteroatoms. The Bertz CT molecular complexity index is 1000. The van der Waals surface area contributed by atoms with Crippen molar-refractivity contribution in [1.82, 2.24) is 0 Å². The molecule has 0 unspecified atom stereocenters. The van der Waals surface area contributed by atoms with E-state index >= 15 is 0 Å². The van der Waals surface area contributed by atoms with Crippen LogP contribution in [0.1, 0.15) is 38.8 Å². The lowest BCUT2D eigenvalue weighted by molar-refractivity contribution is 0.0736. The standard InChI is InChI=1S/C21H14O3/c1-13(22)17-11-9-14-7-8-15-10-12-18(20(17)19(14)15)24-21(23)16-5-3-2-4-6-16/h2-12H,1H3. The highest BCUT2D eigenvalue weighted by atomic mass is 16.5. The van der Waals surface area contributed by atoms with Gasteiger partial charge in [-0.3, -0.25) is 4.79 Å². The molecule has 0 bridgehead atoms. The molecule has 0 fully saturated rings. The molecule has 1 aliphatic rings. The van der Waals surface area contributed by atoms with E-state index in [1.54, 1.807) is 36.4 Å². The largest absolute Gasteiger partial charge is 0.422 e. The number of hydrogen-bond donors (Lipinski definition) is 0. The Hall–Kier alpha value is -3.20. The summed E-state index contributed by atoms with van der Waals surface area (Å²) in [4.78, 5) is 24.5. The lowest BCUT2D eigenvalue weighted by Crippen LogP contribution is -2.09. The maximum Gasteiger partial charge on any atom is 0.343 e. The van der Waals surface area contributed by atoms with Crippen LogP contribution in [0.15, 0.2) is 54.6 Å². The molecule has 3 nitrogen and oxygen atoms in total. The van der Waals surface area contributed by atoms with E-state index < -0.39 is 5.97 Å². The summed E-state index contributed by atoms with van der Waals surface area (Å²) in [5.74, 6) is -0.0716. The fourth-order valence-corrected chi connectivity index (χ4v) is 3.09. The minimum absolute atomic E-state index is 0.0531. The number of rotatable bonds is 3. The SMILES string of the molecule is CC(=O)c1ccc2c3c(ccc(OC(=O)c4ccccc4)c13)C=C2. The molecule has 116 valence electrons. The van der Waals surface area contributed by atoms with Crippen LogP contribution < -0.4 is 4.74 Å². The normalized spacial score (nSPS) is 11.7. The van der Waals surface area contributed by atoms with Crippen LogP contribution in [0.5, 0.6) is 5.75 Å². The summed E-state index contributed by atoms with van der Waals surface area (Å²) >= 11 is 0. The smallest absolute Gasteiger partial charge is 0.343 e. The first kappa shape index (κ1) is 14.4. The molecule has 24 heavy (non-hydrogen) atoms. The van der Waals surface area contributed by atoms with Crippen molar-refractivity contribution < 1.29 is 14.3 Å². The maximum absolute atomic E-state index is 12.4. The van der Waals surface area contributed by atoms with E-state index in [0.29, 0.717) is 22.3 Å². The Morgan fingerprint density at radius 2 is 1.46 bits per heavy atom. The van der Waals surface area contributed by atoms with Crippen LogP contribution in [0.2, 0.25) is 0 Å². The molecule has 0 saturated carbocycles. The molecule has 1 aliphatic carbocycles. The number of hydrogen-bond acceptors (Lipinski definition) is 3. The average Bonchev–Trinajstić information content (AvgIpc) is 3.02. The number of esters is 1. The van der Waals surface area contributed by atoms with Crippen molar-refractivity contribution >= 4 is 34.7 Å². The molecule has 3 aromatic rings. The van der Waals surface area contributed by atoms with E-state index in [2.05, 4.69) is 0 Å². The summed E-state index contributed by atoms with van der Waals surface area (Å²) in [6.07, 6.45) is 4.01. The second-order valence-electron chi connectivity index (χ2n) is 5.75. The third-order valence-electron chi connectivity index (χ3n) is 4.22. The molecule has 0 N–H and O–H groups in total. The highest BCUT2D eigenvalue weighted by molar-refractivity contribution is 6.16. The number of carbonyl (C=O) groups is 2. The van der Waals surface area contributed by atoms with Crippen LogP contribution in [0.3, 0.4) is 0 Å². The zero-order valence-electron chi connectivity index (χ0n) is 13.1. The summed E-state index contributed by atoms with van der Waals surface area (Å²) in [6, 6.07) is 16.2. The van der Waals surface area contributed by atoms with Gasteiger partial charge >= 0.3 is 5.97 Å². The number of benzene rings is 3. The van der Waals surface area contributed by atoms with Gasteiger partial charge in [0.25, 0.3) is 0 Å². The average molecular weight is 314 g/mol. The van der Waals surface area contributed by atoms with E-state index in [9.17, 15) is 9.59 Å². The van der Waals surface area contributed by atoms with Crippen LogP contribution in [0.4, 0.5) is 0 Å². The van der Waals surface area contributed by atoms with E-state index in [0.717, 1.165) is 16.5 Å². The van der Waals surface area contributed by atoms with Crippen molar-refractivity contribution in [3.8, 4) is 5.75 Å². The second-order valence-corrected chi connectivity index (χ2v) is 5.75. The minimum atomic E-state index is -0.434. The Kier molecular flexibility index (Phi) is 3.28. The van der Waals surface area contributed by atoms with E-state index in [4.69, 9.17) is 4.74 Å². The van der Waals surface area contributed by atoms with Crippen LogP contribution in [0.25, 0.3) is 22.9 Å². The molecule has 4 rings (SSSR count). The van der Waals surface area contributed by atoms with Gasteiger partial charge in [-0.2, -0.15) is 0 Å². The third-order valence-corrected chi connectivity index (χ3v) is 4.22. The third kappa shape index (κ3) is 2.22. The molecule has 0 spiro atoms. The Labute approximate surface area is 139 Å². The first-order valence-corrected chi connectivity index (χ1v) is 7.71. The summed E-state index contributed by atoms with van der Waals surface area (Å²) in [6.45, 7) is 1.52. The van der Waals surface area contributed by atoms with Gasteiger partial charge in [-0.05, 0) is 36.2 Å². The minimum Gasteiger partial charge on any atom is -0.422 e. The van der Waals surface area contributed by atoms with Gasteiger partial charge in [-0.1, -0.05) is 48.6 Å². The van der Waals surface area contributed by atoms with Crippen LogP contribution >= 0.6 is 0 Å². The maximum atomic E-state index is 12.4. The molecule has 0 amide bonds. The van der Waals surface area contributed by atoms with Crippen LogP contribution in [0, 0.1) is 0 Å². The van der Waals surface area contributed by atoms with Gasteiger partial charge in [0.1, 0.15) is 5.75 Å². The predicted molar refractivity (Wildman–Crippen MR) is 94.3 cm³/mol. The van der Waals surface area contributed by atoms with E-state index in [1.165, 1.54) is 6.92 Å². The van der Waals surface area contributed by atoms with Crippen LogP contribution in [-0.2, 0) is 0 Å². The van der Waals surface area contributed by atoms with E-state index in [1.807, 2.05) is 30.4 Å². The van der Waals surface area contributed by atoms with Crippen molar-refractivity contribution in [3.05, 3.63) is 76.9 Å². The summed E-state index contributed by atoms with van der Waals surface area (Å²) < 4.78 is 5.62. The number of ether oxygens (including phenoxy) is 1. The zero-order valence-corrected chi connectivity index (χ0v) is 13.1. The molecular formula is C21H14O3. The van der Waals surface area contributed by atoms with Crippen molar-refractivity contribution in [2.24, 2.45) is 0 Å². The fraction of sp³-hybridized carbons (Fsp3) is 0.0476. The highest BCUT2D eigenvalue weighted by Crippen LogP contribution is 2.39. The van der Waals surface area contributed by atoms with Gasteiger partial charge in [-0.25, -0.2) is 4.79 Å². The number of Topliss-reactive ketones (excluding diaryl/α,β-unsaturated/α-hetero) is 1. The quantitative estimate of drug-likeness (QED) is 0.311. The monoisotopic (exact) mass is 314 g/mol. The molecular weight excluding hydrogens is 300 g/mol. The summed E-state index contributed by atoms with van der Waals surface area (Å²) in [5, 5.41) is 1.66. The second kappa shape index (κ2) is 5.46. The lowest BCUT2D eigenvalue weighted by Gasteiger charge is -2.12. The van der Waals surface area contributed by atoms with Gasteiger partial charge in [0.15, 0.2) is 5.78 Å². The summed E-state index contributed by atoms with van der Waals surface area (Å²) in [7, 11) is 0. The van der Waals surface area contributed by atoms with Gasteiger partial charge in [0, 0.05) is 16.3 Å². The molecule has 0 atom stereocenters. The molecule has 0 heterocycles. The first-order chi connectivity index (χ1) is 11.6. The fourth-order valence-electron chi connectivity index (χ4n) is 3.09. The van der Waals surface area contributed by atoms with Crippen molar-refractivity contribution in [2.45, 2.75) is 6.92 Å². The molecule has 0 saturated heterocycles. The van der Waals surface area contributed by atoms with Gasteiger partial charge < -0.3 is 4.74 Å². The Balaban J connectivity index is 1.88.